The number of fused-ring (bicyclic) bond motifs is 1. The van der Waals surface area contributed by atoms with Crippen molar-refractivity contribution >= 4 is 11.7 Å². The van der Waals surface area contributed by atoms with Crippen molar-refractivity contribution in [2.24, 2.45) is 0 Å². The standard InChI is InChI=1S/C26H27F3N6O4/c1-14-5-6-16(11-18(14)26(27,28)29)21-32-23(39-33-21)17-13-30-35-19(12-20(36)31-22(17)35)15-7-9-34(10-8-15)24(37)38-25(2,3)4/h5-6,11-13,15H,7-10H2,1-4H3,(H,31,36). The lowest BCUT2D eigenvalue weighted by Gasteiger charge is -2.33. The number of nitrogens with one attached hydrogen (secondary N) is 1. The number of ether oxygens (including phenoxy) is 1. The molecule has 4 aromatic rings. The first-order valence-corrected chi connectivity index (χ1v) is 12.4. The highest BCUT2D eigenvalue weighted by atomic mass is 19.4. The van der Waals surface area contributed by atoms with Crippen molar-refractivity contribution in [1.82, 2.24) is 29.6 Å². The number of benzene rings is 1. The number of aromatic amines is 1. The molecule has 0 unspecified atom stereocenters. The second-order valence-electron chi connectivity index (χ2n) is 10.6. The Kier molecular flexibility index (Phi) is 6.47. The van der Waals surface area contributed by atoms with E-state index < -0.39 is 17.3 Å². The Bertz CT molecular complexity index is 1590. The summed E-state index contributed by atoms with van der Waals surface area (Å²) in [5.41, 5.74) is -0.186. The number of H-pyrrole nitrogens is 1. The summed E-state index contributed by atoms with van der Waals surface area (Å²) >= 11 is 0. The van der Waals surface area contributed by atoms with E-state index >= 15 is 0 Å². The first-order valence-electron chi connectivity index (χ1n) is 12.4. The van der Waals surface area contributed by atoms with Crippen LogP contribution in [-0.2, 0) is 10.9 Å². The predicted octanol–water partition coefficient (Wildman–Crippen LogP) is 5.18. The number of halogens is 3. The number of aryl methyl sites for hydroxylation is 1. The molecule has 1 aromatic carbocycles. The van der Waals surface area contributed by atoms with Gasteiger partial charge in [0.2, 0.25) is 5.82 Å². The zero-order chi connectivity index (χ0) is 28.1. The number of nitrogens with zero attached hydrogens (tertiary/aromatic N) is 5. The zero-order valence-corrected chi connectivity index (χ0v) is 21.8. The Morgan fingerprint density at radius 1 is 1.15 bits per heavy atom. The number of rotatable bonds is 3. The van der Waals surface area contributed by atoms with Gasteiger partial charge in [-0.1, -0.05) is 17.3 Å². The van der Waals surface area contributed by atoms with E-state index in [1.54, 1.807) is 9.42 Å². The molecule has 10 nitrogen and oxygen atoms in total. The summed E-state index contributed by atoms with van der Waals surface area (Å²) in [4.78, 5) is 33.7. The highest BCUT2D eigenvalue weighted by molar-refractivity contribution is 5.72. The van der Waals surface area contributed by atoms with Gasteiger partial charge in [-0.3, -0.25) is 4.79 Å². The van der Waals surface area contributed by atoms with Crippen LogP contribution in [0.5, 0.6) is 0 Å². The van der Waals surface area contributed by atoms with Crippen molar-refractivity contribution in [2.45, 2.75) is 58.2 Å². The van der Waals surface area contributed by atoms with Gasteiger partial charge in [0.05, 0.1) is 17.5 Å². The van der Waals surface area contributed by atoms with Crippen molar-refractivity contribution in [2.75, 3.05) is 13.1 Å². The second-order valence-corrected chi connectivity index (χ2v) is 10.6. The fraction of sp³-hybridized carbons (Fsp3) is 0.423. The molecule has 39 heavy (non-hydrogen) atoms. The van der Waals surface area contributed by atoms with E-state index in [1.807, 2.05) is 20.8 Å². The number of amides is 1. The summed E-state index contributed by atoms with van der Waals surface area (Å²) in [6.45, 7) is 7.74. The molecule has 0 bridgehead atoms. The minimum Gasteiger partial charge on any atom is -0.444 e. The van der Waals surface area contributed by atoms with Gasteiger partial charge >= 0.3 is 12.3 Å². The van der Waals surface area contributed by atoms with Crippen LogP contribution in [0, 0.1) is 6.92 Å². The molecule has 1 fully saturated rings. The fourth-order valence-electron chi connectivity index (χ4n) is 4.66. The number of alkyl halides is 3. The maximum atomic E-state index is 13.4. The molecule has 3 aromatic heterocycles. The van der Waals surface area contributed by atoms with Gasteiger partial charge in [0.25, 0.3) is 11.4 Å². The van der Waals surface area contributed by atoms with Gasteiger partial charge in [0.15, 0.2) is 0 Å². The monoisotopic (exact) mass is 544 g/mol. The zero-order valence-electron chi connectivity index (χ0n) is 21.8. The van der Waals surface area contributed by atoms with Gasteiger partial charge in [0.1, 0.15) is 16.8 Å². The van der Waals surface area contributed by atoms with Crippen LogP contribution in [0.4, 0.5) is 18.0 Å². The summed E-state index contributed by atoms with van der Waals surface area (Å²) in [7, 11) is 0. The Morgan fingerprint density at radius 3 is 2.54 bits per heavy atom. The van der Waals surface area contributed by atoms with E-state index in [4.69, 9.17) is 9.26 Å². The molecule has 1 amide bonds. The number of piperidine rings is 1. The summed E-state index contributed by atoms with van der Waals surface area (Å²) in [5.74, 6) is -0.0719. The van der Waals surface area contributed by atoms with Crippen molar-refractivity contribution in [3.05, 3.63) is 57.6 Å². The fourth-order valence-corrected chi connectivity index (χ4v) is 4.66. The number of hydrogen-bond acceptors (Lipinski definition) is 7. The molecule has 1 aliphatic heterocycles. The molecule has 0 spiro atoms. The molecule has 1 saturated heterocycles. The average Bonchev–Trinajstić information content (AvgIpc) is 3.49. The lowest BCUT2D eigenvalue weighted by molar-refractivity contribution is -0.138. The Labute approximate surface area is 220 Å². The second kappa shape index (κ2) is 9.54. The molecule has 13 heteroatoms. The molecule has 0 atom stereocenters. The highest BCUT2D eigenvalue weighted by Crippen LogP contribution is 2.35. The molecule has 1 aliphatic rings. The molecule has 1 N–H and O–H groups in total. The summed E-state index contributed by atoms with van der Waals surface area (Å²) in [6, 6.07) is 5.28. The van der Waals surface area contributed by atoms with Crippen LogP contribution in [0.25, 0.3) is 28.5 Å². The number of hydrogen-bond donors (Lipinski definition) is 1. The first-order chi connectivity index (χ1) is 18.3. The third-order valence-electron chi connectivity index (χ3n) is 6.56. The summed E-state index contributed by atoms with van der Waals surface area (Å²) < 4.78 is 52.5. The van der Waals surface area contributed by atoms with Crippen molar-refractivity contribution in [1.29, 1.82) is 0 Å². The van der Waals surface area contributed by atoms with Crippen LogP contribution >= 0.6 is 0 Å². The Morgan fingerprint density at radius 2 is 1.87 bits per heavy atom. The van der Waals surface area contributed by atoms with E-state index in [1.165, 1.54) is 31.3 Å². The number of likely N-dealkylation sites (tertiary alicyclic amines) is 1. The smallest absolute Gasteiger partial charge is 0.416 e. The highest BCUT2D eigenvalue weighted by Gasteiger charge is 2.33. The van der Waals surface area contributed by atoms with Gasteiger partial charge < -0.3 is 19.1 Å². The van der Waals surface area contributed by atoms with E-state index in [-0.39, 0.29) is 40.4 Å². The maximum absolute atomic E-state index is 13.4. The van der Waals surface area contributed by atoms with Gasteiger partial charge in [-0.05, 0) is 52.2 Å². The largest absolute Gasteiger partial charge is 0.444 e. The predicted molar refractivity (Wildman–Crippen MR) is 134 cm³/mol. The molecule has 0 radical (unpaired) electrons. The minimum absolute atomic E-state index is 0.00155. The summed E-state index contributed by atoms with van der Waals surface area (Å²) in [5, 5.41) is 8.27. The van der Waals surface area contributed by atoms with Crippen LogP contribution in [0.3, 0.4) is 0 Å². The van der Waals surface area contributed by atoms with Crippen molar-refractivity contribution in [3.8, 4) is 22.8 Å². The Hall–Kier alpha value is -4.16. The van der Waals surface area contributed by atoms with Gasteiger partial charge in [-0.15, -0.1) is 0 Å². The lowest BCUT2D eigenvalue weighted by atomic mass is 9.93. The third-order valence-corrected chi connectivity index (χ3v) is 6.56. The molecule has 5 rings (SSSR count). The molecule has 0 aliphatic carbocycles. The average molecular weight is 545 g/mol. The van der Waals surface area contributed by atoms with E-state index in [0.717, 1.165) is 6.07 Å². The third kappa shape index (κ3) is 5.38. The van der Waals surface area contributed by atoms with Crippen LogP contribution in [-0.4, -0.2) is 54.4 Å². The van der Waals surface area contributed by atoms with Crippen LogP contribution < -0.4 is 5.56 Å². The van der Waals surface area contributed by atoms with Crippen molar-refractivity contribution in [3.63, 3.8) is 0 Å². The summed E-state index contributed by atoms with van der Waals surface area (Å²) in [6.07, 6.45) is -2.23. The first kappa shape index (κ1) is 26.4. The number of aromatic nitrogens is 5. The van der Waals surface area contributed by atoms with E-state index in [2.05, 4.69) is 20.2 Å². The van der Waals surface area contributed by atoms with Crippen LogP contribution in [0.15, 0.2) is 39.8 Å². The van der Waals surface area contributed by atoms with Crippen molar-refractivity contribution < 1.29 is 27.2 Å². The molecular formula is C26H27F3N6O4. The molecule has 4 heterocycles. The Balaban J connectivity index is 1.42. The topological polar surface area (TPSA) is 119 Å². The molecule has 0 saturated carbocycles. The van der Waals surface area contributed by atoms with Crippen LogP contribution in [0.1, 0.15) is 56.4 Å². The minimum atomic E-state index is -4.52. The number of carbonyl (C=O) groups is 1. The maximum Gasteiger partial charge on any atom is 0.416 e. The lowest BCUT2D eigenvalue weighted by Crippen LogP contribution is -2.41. The SMILES string of the molecule is Cc1ccc(-c2noc(-c3cnn4c(C5CCN(C(=O)OC(C)(C)C)CC5)cc(=O)[nH]c34)n2)cc1C(F)(F)F. The molecule has 206 valence electrons. The number of carbonyl (C=O) groups excluding carboxylic acids is 1. The van der Waals surface area contributed by atoms with Crippen LogP contribution in [0.2, 0.25) is 0 Å². The normalized spacial score (nSPS) is 15.2. The quantitative estimate of drug-likeness (QED) is 0.377. The van der Waals surface area contributed by atoms with Gasteiger partial charge in [-0.25, -0.2) is 9.31 Å². The van der Waals surface area contributed by atoms with Gasteiger partial charge in [-0.2, -0.15) is 23.3 Å². The van der Waals surface area contributed by atoms with E-state index in [0.29, 0.717) is 42.8 Å². The van der Waals surface area contributed by atoms with Gasteiger partial charge in [0, 0.05) is 30.6 Å². The molecular weight excluding hydrogens is 517 g/mol. The van der Waals surface area contributed by atoms with E-state index in [9.17, 15) is 22.8 Å².